The lowest BCUT2D eigenvalue weighted by Gasteiger charge is -2.37. The van der Waals surface area contributed by atoms with E-state index in [-0.39, 0.29) is 22.7 Å². The predicted molar refractivity (Wildman–Crippen MR) is 127 cm³/mol. The normalized spacial score (nSPS) is 19.4. The van der Waals surface area contributed by atoms with Crippen LogP contribution in [-0.2, 0) is 4.79 Å². The summed E-state index contributed by atoms with van der Waals surface area (Å²) in [5.41, 5.74) is 3.00. The van der Waals surface area contributed by atoms with Crippen molar-refractivity contribution in [2.45, 2.75) is 40.0 Å². The van der Waals surface area contributed by atoms with E-state index in [1.54, 1.807) is 24.3 Å². The summed E-state index contributed by atoms with van der Waals surface area (Å²) in [6.07, 6.45) is 6.08. The number of ketones is 1. The summed E-state index contributed by atoms with van der Waals surface area (Å²) in [5, 5.41) is 20.3. The Morgan fingerprint density at radius 2 is 1.34 bits per heavy atom. The molecular formula is C27H32O5. The molecule has 5 heteroatoms. The molecule has 0 amide bonds. The fourth-order valence-corrected chi connectivity index (χ4v) is 4.08. The Morgan fingerprint density at radius 3 is 1.69 bits per heavy atom. The van der Waals surface area contributed by atoms with Crippen LogP contribution in [0.1, 0.15) is 51.2 Å². The van der Waals surface area contributed by atoms with Gasteiger partial charge in [-0.15, -0.1) is 0 Å². The van der Waals surface area contributed by atoms with E-state index in [0.29, 0.717) is 30.3 Å². The maximum absolute atomic E-state index is 13.4. The van der Waals surface area contributed by atoms with Crippen LogP contribution < -0.4 is 9.47 Å². The van der Waals surface area contributed by atoms with Gasteiger partial charge in [-0.3, -0.25) is 4.79 Å². The molecule has 0 heterocycles. The number of aromatic hydroxyl groups is 2. The summed E-state index contributed by atoms with van der Waals surface area (Å²) in [6, 6.07) is 10.3. The molecule has 0 saturated heterocycles. The minimum Gasteiger partial charge on any atom is -0.504 e. The van der Waals surface area contributed by atoms with E-state index in [0.717, 1.165) is 28.7 Å². The van der Waals surface area contributed by atoms with Gasteiger partial charge in [-0.1, -0.05) is 39.3 Å². The van der Waals surface area contributed by atoms with Crippen molar-refractivity contribution in [2.24, 2.45) is 11.3 Å². The van der Waals surface area contributed by atoms with Crippen LogP contribution in [0.5, 0.6) is 23.0 Å². The molecule has 0 aliphatic heterocycles. The van der Waals surface area contributed by atoms with E-state index >= 15 is 0 Å². The minimum atomic E-state index is -0.00114. The van der Waals surface area contributed by atoms with Gasteiger partial charge >= 0.3 is 0 Å². The van der Waals surface area contributed by atoms with E-state index in [4.69, 9.17) is 9.47 Å². The second kappa shape index (κ2) is 9.51. The number of rotatable bonds is 6. The van der Waals surface area contributed by atoms with Gasteiger partial charge in [-0.2, -0.15) is 0 Å². The van der Waals surface area contributed by atoms with Crippen LogP contribution in [0.15, 0.2) is 47.5 Å². The monoisotopic (exact) mass is 436 g/mol. The van der Waals surface area contributed by atoms with E-state index in [1.165, 1.54) is 14.2 Å². The van der Waals surface area contributed by atoms with Crippen molar-refractivity contribution in [1.82, 2.24) is 0 Å². The molecule has 5 nitrogen and oxygen atoms in total. The highest BCUT2D eigenvalue weighted by Gasteiger charge is 2.36. The molecule has 0 spiro atoms. The predicted octanol–water partition coefficient (Wildman–Crippen LogP) is 6.00. The summed E-state index contributed by atoms with van der Waals surface area (Å²) in [6.45, 7) is 6.65. The lowest BCUT2D eigenvalue weighted by molar-refractivity contribution is -0.113. The number of methoxy groups -OCH3 is 2. The number of ether oxygens (including phenoxy) is 2. The Morgan fingerprint density at radius 1 is 0.906 bits per heavy atom. The highest BCUT2D eigenvalue weighted by Crippen LogP contribution is 2.44. The van der Waals surface area contributed by atoms with Crippen molar-refractivity contribution in [3.8, 4) is 23.0 Å². The Bertz CT molecular complexity index is 986. The van der Waals surface area contributed by atoms with E-state index < -0.39 is 0 Å². The number of allylic oxidation sites excluding steroid dienone is 2. The lowest BCUT2D eigenvalue weighted by Crippen LogP contribution is -2.30. The molecule has 32 heavy (non-hydrogen) atoms. The van der Waals surface area contributed by atoms with Gasteiger partial charge in [0.05, 0.1) is 14.2 Å². The number of Topliss-reactive ketones (excluding diaryl/α,β-unsaturated/α-hetero) is 1. The summed E-state index contributed by atoms with van der Waals surface area (Å²) in [4.78, 5) is 13.4. The first-order valence-corrected chi connectivity index (χ1v) is 10.9. The van der Waals surface area contributed by atoms with Gasteiger partial charge in [0.1, 0.15) is 0 Å². The number of hydrogen-bond acceptors (Lipinski definition) is 5. The Hall–Kier alpha value is -3.21. The zero-order valence-corrected chi connectivity index (χ0v) is 19.4. The number of phenolic OH excluding ortho intramolecular Hbond substituents is 2. The third kappa shape index (κ3) is 4.98. The molecule has 1 unspecified atom stereocenters. The molecule has 1 aliphatic carbocycles. The number of carbonyl (C=O) groups excluding carboxylic acids is 1. The number of benzene rings is 2. The molecule has 1 saturated carbocycles. The second-order valence-corrected chi connectivity index (χ2v) is 8.98. The summed E-state index contributed by atoms with van der Waals surface area (Å²) in [7, 11) is 3.01. The summed E-state index contributed by atoms with van der Waals surface area (Å²) in [5.74, 6) is 1.17. The molecule has 1 aliphatic rings. The van der Waals surface area contributed by atoms with Crippen LogP contribution in [0.2, 0.25) is 0 Å². The van der Waals surface area contributed by atoms with Crippen LogP contribution in [0.4, 0.5) is 0 Å². The van der Waals surface area contributed by atoms with Crippen molar-refractivity contribution < 1.29 is 24.5 Å². The average Bonchev–Trinajstić information content (AvgIpc) is 2.76. The van der Waals surface area contributed by atoms with Gasteiger partial charge in [-0.05, 0) is 71.7 Å². The second-order valence-electron chi connectivity index (χ2n) is 8.98. The average molecular weight is 437 g/mol. The topological polar surface area (TPSA) is 76.0 Å². The lowest BCUT2D eigenvalue weighted by atomic mass is 9.66. The van der Waals surface area contributed by atoms with Gasteiger partial charge in [0.15, 0.2) is 28.8 Å². The number of carbonyl (C=O) groups is 1. The van der Waals surface area contributed by atoms with Crippen molar-refractivity contribution in [3.63, 3.8) is 0 Å². The maximum Gasteiger partial charge on any atom is 0.185 e. The van der Waals surface area contributed by atoms with Crippen LogP contribution >= 0.6 is 0 Å². The Kier molecular flexibility index (Phi) is 6.97. The molecule has 0 radical (unpaired) electrons. The first kappa shape index (κ1) is 23.5. The molecular weight excluding hydrogens is 404 g/mol. The zero-order chi connectivity index (χ0) is 23.5. The van der Waals surface area contributed by atoms with Gasteiger partial charge < -0.3 is 19.7 Å². The first-order chi connectivity index (χ1) is 15.2. The van der Waals surface area contributed by atoms with E-state index in [9.17, 15) is 15.0 Å². The molecule has 0 bridgehead atoms. The van der Waals surface area contributed by atoms with Crippen LogP contribution in [0.3, 0.4) is 0 Å². The number of phenols is 2. The summed E-state index contributed by atoms with van der Waals surface area (Å²) < 4.78 is 10.2. The molecule has 170 valence electrons. The number of hydrogen-bond donors (Lipinski definition) is 2. The maximum atomic E-state index is 13.4. The molecule has 3 rings (SSSR count). The standard InChI is InChI=1S/C27H32O5/c1-6-27(2,3)21-15-19(11-17-7-9-24(31-4)22(28)13-17)26(30)20(16-21)12-18-8-10-25(32-5)23(29)14-18/h7-14,21,28-29H,6,15-16H2,1-5H3/b19-11-,20-12+. The van der Waals surface area contributed by atoms with Crippen molar-refractivity contribution >= 4 is 17.9 Å². The third-order valence-electron chi connectivity index (χ3n) is 6.62. The molecule has 2 aromatic carbocycles. The van der Waals surface area contributed by atoms with E-state index in [2.05, 4.69) is 20.8 Å². The molecule has 1 fully saturated rings. The zero-order valence-electron chi connectivity index (χ0n) is 19.4. The fourth-order valence-electron chi connectivity index (χ4n) is 4.08. The van der Waals surface area contributed by atoms with Crippen molar-refractivity contribution in [1.29, 1.82) is 0 Å². The fraction of sp³-hybridized carbons (Fsp3) is 0.370. The Balaban J connectivity index is 2.03. The largest absolute Gasteiger partial charge is 0.504 e. The Labute approximate surface area is 190 Å². The minimum absolute atomic E-state index is 0.00114. The molecule has 2 aromatic rings. The smallest absolute Gasteiger partial charge is 0.185 e. The summed E-state index contributed by atoms with van der Waals surface area (Å²) >= 11 is 0. The highest BCUT2D eigenvalue weighted by atomic mass is 16.5. The third-order valence-corrected chi connectivity index (χ3v) is 6.62. The quantitative estimate of drug-likeness (QED) is 0.544. The first-order valence-electron chi connectivity index (χ1n) is 10.9. The van der Waals surface area contributed by atoms with Crippen LogP contribution in [0.25, 0.3) is 12.2 Å². The van der Waals surface area contributed by atoms with Gasteiger partial charge in [-0.25, -0.2) is 0 Å². The van der Waals surface area contributed by atoms with Crippen LogP contribution in [-0.4, -0.2) is 30.2 Å². The van der Waals surface area contributed by atoms with Gasteiger partial charge in [0, 0.05) is 11.1 Å². The van der Waals surface area contributed by atoms with Crippen molar-refractivity contribution in [3.05, 3.63) is 58.7 Å². The molecule has 0 aromatic heterocycles. The van der Waals surface area contributed by atoms with Crippen molar-refractivity contribution in [2.75, 3.05) is 14.2 Å². The van der Waals surface area contributed by atoms with Crippen LogP contribution in [0, 0.1) is 11.3 Å². The molecule has 1 atom stereocenters. The van der Waals surface area contributed by atoms with E-state index in [1.807, 2.05) is 24.3 Å². The SMILES string of the molecule is CCC(C)(C)C1C/C(=C/c2ccc(OC)c(O)c2)C(=O)/C(=C/c2ccc(OC)c(O)c2)C1. The molecule has 2 N–H and O–H groups in total. The van der Waals surface area contributed by atoms with Gasteiger partial charge in [0.25, 0.3) is 0 Å². The highest BCUT2D eigenvalue weighted by molar-refractivity contribution is 6.14. The van der Waals surface area contributed by atoms with Gasteiger partial charge in [0.2, 0.25) is 0 Å².